The summed E-state index contributed by atoms with van der Waals surface area (Å²) < 4.78 is 27.4. The summed E-state index contributed by atoms with van der Waals surface area (Å²) in [5.41, 5.74) is -0.176. The van der Waals surface area contributed by atoms with Crippen molar-refractivity contribution in [3.63, 3.8) is 0 Å². The Morgan fingerprint density at radius 2 is 1.57 bits per heavy atom. The molecule has 104 valence electrons. The SMILES string of the molecule is O=[N+]([O-])c1ccccc1S[N-]S(=O)(=O)c1ccccc1.[Na+]. The number of rotatable bonds is 5. The Kier molecular flexibility index (Phi) is 6.85. The average molecular weight is 332 g/mol. The number of sulfonamides is 1. The van der Waals surface area contributed by atoms with Crippen LogP contribution in [0.15, 0.2) is 64.4 Å². The molecule has 0 fully saturated rings. The van der Waals surface area contributed by atoms with Crippen LogP contribution in [0.4, 0.5) is 5.69 Å². The fraction of sp³-hybridized carbons (Fsp3) is 0. The fourth-order valence-corrected chi connectivity index (χ4v) is 3.34. The molecule has 0 spiro atoms. The normalized spacial score (nSPS) is 10.7. The molecule has 9 heteroatoms. The van der Waals surface area contributed by atoms with Gasteiger partial charge in [0, 0.05) is 11.0 Å². The van der Waals surface area contributed by atoms with Crippen LogP contribution in [0.2, 0.25) is 0 Å². The number of nitro benzene ring substituents is 1. The van der Waals surface area contributed by atoms with Crippen molar-refractivity contribution in [3.8, 4) is 0 Å². The van der Waals surface area contributed by atoms with E-state index in [1.807, 2.05) is 0 Å². The van der Waals surface area contributed by atoms with E-state index in [0.717, 1.165) is 0 Å². The van der Waals surface area contributed by atoms with E-state index in [4.69, 9.17) is 0 Å². The van der Waals surface area contributed by atoms with Crippen molar-refractivity contribution < 1.29 is 42.9 Å². The summed E-state index contributed by atoms with van der Waals surface area (Å²) in [5.74, 6) is 0. The van der Waals surface area contributed by atoms with Gasteiger partial charge in [0.15, 0.2) is 0 Å². The van der Waals surface area contributed by atoms with E-state index in [9.17, 15) is 18.5 Å². The maximum Gasteiger partial charge on any atom is 1.00 e. The summed E-state index contributed by atoms with van der Waals surface area (Å²) in [6.45, 7) is 0. The van der Waals surface area contributed by atoms with E-state index in [-0.39, 0.29) is 45.0 Å². The van der Waals surface area contributed by atoms with Gasteiger partial charge in [-0.05, 0) is 18.2 Å². The molecule has 0 atom stereocenters. The molecule has 2 rings (SSSR count). The van der Waals surface area contributed by atoms with E-state index >= 15 is 0 Å². The molecule has 0 amide bonds. The van der Waals surface area contributed by atoms with Crippen molar-refractivity contribution in [3.05, 3.63) is 68.8 Å². The van der Waals surface area contributed by atoms with Gasteiger partial charge in [0.25, 0.3) is 5.69 Å². The third-order valence-electron chi connectivity index (χ3n) is 2.34. The van der Waals surface area contributed by atoms with E-state index in [1.54, 1.807) is 24.3 Å². The maximum atomic E-state index is 11.9. The van der Waals surface area contributed by atoms with Crippen LogP contribution < -0.4 is 29.6 Å². The Morgan fingerprint density at radius 3 is 2.19 bits per heavy atom. The Morgan fingerprint density at radius 1 is 1.00 bits per heavy atom. The van der Waals surface area contributed by atoms with Gasteiger partial charge in [-0.2, -0.15) is 0 Å². The number of benzene rings is 2. The summed E-state index contributed by atoms with van der Waals surface area (Å²) in [6, 6.07) is 13.5. The first-order valence-electron chi connectivity index (χ1n) is 5.43. The fourth-order valence-electron chi connectivity index (χ4n) is 1.41. The van der Waals surface area contributed by atoms with E-state index in [2.05, 4.69) is 4.13 Å². The topological polar surface area (TPSA) is 91.4 Å². The van der Waals surface area contributed by atoms with Gasteiger partial charge in [-0.15, -0.1) is 0 Å². The Bertz CT molecular complexity index is 723. The van der Waals surface area contributed by atoms with Gasteiger partial charge in [0.1, 0.15) is 10.0 Å². The Hall–Kier alpha value is -0.900. The summed E-state index contributed by atoms with van der Waals surface area (Å²) in [5, 5.41) is 10.8. The zero-order valence-electron chi connectivity index (χ0n) is 11.0. The number of para-hydroxylation sites is 1. The Balaban J connectivity index is 0.00000220. The summed E-state index contributed by atoms with van der Waals surface area (Å²) in [6.07, 6.45) is 0. The van der Waals surface area contributed by atoms with Gasteiger partial charge in [0.2, 0.25) is 0 Å². The molecular formula is C12H9N2NaO4S2. The summed E-state index contributed by atoms with van der Waals surface area (Å²) in [7, 11) is -3.84. The van der Waals surface area contributed by atoms with Crippen LogP contribution in [0.1, 0.15) is 0 Å². The minimum atomic E-state index is -3.84. The molecule has 0 N–H and O–H groups in total. The summed E-state index contributed by atoms with van der Waals surface area (Å²) >= 11 is 0.573. The van der Waals surface area contributed by atoms with Crippen molar-refractivity contribution in [2.45, 2.75) is 9.79 Å². The number of nitrogens with zero attached hydrogens (tertiary/aromatic N) is 2. The first kappa shape index (κ1) is 18.1. The van der Waals surface area contributed by atoms with Crippen LogP contribution in [0, 0.1) is 10.1 Å². The average Bonchev–Trinajstić information content (AvgIpc) is 2.46. The van der Waals surface area contributed by atoms with Crippen molar-refractivity contribution in [1.82, 2.24) is 0 Å². The van der Waals surface area contributed by atoms with Crippen LogP contribution in [0.5, 0.6) is 0 Å². The van der Waals surface area contributed by atoms with Crippen LogP contribution in [-0.2, 0) is 10.0 Å². The molecule has 0 radical (unpaired) electrons. The first-order valence-corrected chi connectivity index (χ1v) is 7.65. The van der Waals surface area contributed by atoms with Crippen molar-refractivity contribution in [2.75, 3.05) is 0 Å². The first-order chi connectivity index (χ1) is 9.50. The van der Waals surface area contributed by atoms with Crippen LogP contribution >= 0.6 is 11.9 Å². The minimum absolute atomic E-state index is 0. The molecule has 0 aliphatic rings. The van der Waals surface area contributed by atoms with Crippen LogP contribution in [-0.4, -0.2) is 13.3 Å². The third-order valence-corrected chi connectivity index (χ3v) is 4.83. The molecule has 6 nitrogen and oxygen atoms in total. The molecule has 0 aliphatic heterocycles. The van der Waals surface area contributed by atoms with Gasteiger partial charge in [-0.25, -0.2) is 20.4 Å². The predicted octanol–water partition coefficient (Wildman–Crippen LogP) is 0.368. The van der Waals surface area contributed by atoms with Crippen molar-refractivity contribution >= 4 is 27.7 Å². The number of nitro groups is 1. The van der Waals surface area contributed by atoms with Gasteiger partial charge in [-0.1, -0.05) is 30.3 Å². The molecule has 2 aromatic carbocycles. The van der Waals surface area contributed by atoms with Gasteiger partial charge in [0.05, 0.1) is 9.82 Å². The zero-order chi connectivity index (χ0) is 14.6. The van der Waals surface area contributed by atoms with E-state index < -0.39 is 14.9 Å². The molecule has 0 unspecified atom stereocenters. The molecule has 0 aromatic heterocycles. The molecule has 21 heavy (non-hydrogen) atoms. The molecule has 0 saturated carbocycles. The quantitative estimate of drug-likeness (QED) is 0.341. The van der Waals surface area contributed by atoms with Gasteiger partial charge >= 0.3 is 29.6 Å². The third kappa shape index (κ3) is 4.80. The number of hydrogen-bond acceptors (Lipinski definition) is 5. The summed E-state index contributed by atoms with van der Waals surface area (Å²) in [4.78, 5) is 10.5. The zero-order valence-corrected chi connectivity index (χ0v) is 14.7. The van der Waals surface area contributed by atoms with Gasteiger partial charge < -0.3 is 4.13 Å². The molecular weight excluding hydrogens is 323 g/mol. The monoisotopic (exact) mass is 332 g/mol. The van der Waals surface area contributed by atoms with Crippen LogP contribution in [0.3, 0.4) is 0 Å². The second-order valence-corrected chi connectivity index (χ2v) is 6.32. The smallest absolute Gasteiger partial charge is 0.484 e. The second-order valence-electron chi connectivity index (χ2n) is 3.68. The minimum Gasteiger partial charge on any atom is -0.484 e. The predicted molar refractivity (Wildman–Crippen MR) is 75.9 cm³/mol. The Labute approximate surface area is 148 Å². The van der Waals surface area contributed by atoms with E-state index in [0.29, 0.717) is 11.9 Å². The molecule has 2 aromatic rings. The van der Waals surface area contributed by atoms with E-state index in [1.165, 1.54) is 30.3 Å². The molecule has 0 bridgehead atoms. The molecule has 0 aliphatic carbocycles. The second kappa shape index (κ2) is 7.92. The molecule has 0 heterocycles. The molecule has 0 saturated heterocycles. The van der Waals surface area contributed by atoms with Crippen LogP contribution in [0.25, 0.3) is 4.13 Å². The van der Waals surface area contributed by atoms with Crippen molar-refractivity contribution in [1.29, 1.82) is 0 Å². The maximum absolute atomic E-state index is 11.9. The standard InChI is InChI=1S/C12H9N2O4S2.Na/c15-14(16)11-8-4-5-9-12(11)19-13-20(17,18)10-6-2-1-3-7-10;/h1-9H;/q-1;+1. The van der Waals surface area contributed by atoms with Gasteiger partial charge in [-0.3, -0.25) is 10.1 Å². The largest absolute Gasteiger partial charge is 1.00 e. The number of hydrogen-bond donors (Lipinski definition) is 0. The van der Waals surface area contributed by atoms with Crippen molar-refractivity contribution in [2.24, 2.45) is 0 Å².